The lowest BCUT2D eigenvalue weighted by Gasteiger charge is -2.39. The molecule has 1 N–H and O–H groups in total. The first kappa shape index (κ1) is 10.4. The van der Waals surface area contributed by atoms with Crippen LogP contribution in [0.2, 0.25) is 0 Å². The van der Waals surface area contributed by atoms with Crippen LogP contribution < -0.4 is 5.32 Å². The van der Waals surface area contributed by atoms with Crippen LogP contribution >= 0.6 is 0 Å². The second-order valence-corrected chi connectivity index (χ2v) is 5.62. The highest BCUT2D eigenvalue weighted by molar-refractivity contribution is 4.92. The van der Waals surface area contributed by atoms with Gasteiger partial charge in [-0.1, -0.05) is 13.8 Å². The molecule has 0 unspecified atom stereocenters. The van der Waals surface area contributed by atoms with Gasteiger partial charge in [-0.2, -0.15) is 0 Å². The molecule has 0 atom stereocenters. The fourth-order valence-electron chi connectivity index (χ4n) is 2.95. The maximum atomic E-state index is 3.52. The van der Waals surface area contributed by atoms with Crippen molar-refractivity contribution in [3.63, 3.8) is 0 Å². The van der Waals surface area contributed by atoms with Gasteiger partial charge in [0.2, 0.25) is 0 Å². The lowest BCUT2D eigenvalue weighted by atomic mass is 9.78. The van der Waals surface area contributed by atoms with Crippen LogP contribution in [-0.4, -0.2) is 37.6 Å². The molecule has 0 radical (unpaired) electrons. The lowest BCUT2D eigenvalue weighted by molar-refractivity contribution is 0.109. The van der Waals surface area contributed by atoms with Crippen molar-refractivity contribution in [3.8, 4) is 0 Å². The van der Waals surface area contributed by atoms with E-state index in [0.717, 1.165) is 5.92 Å². The fraction of sp³-hybridized carbons (Fsp3) is 1.00. The molecule has 0 bridgehead atoms. The van der Waals surface area contributed by atoms with E-state index in [9.17, 15) is 0 Å². The zero-order valence-electron chi connectivity index (χ0n) is 9.68. The van der Waals surface area contributed by atoms with Gasteiger partial charge >= 0.3 is 0 Å². The molecule has 82 valence electrons. The minimum absolute atomic E-state index is 0.688. The third-order valence-corrected chi connectivity index (χ3v) is 3.87. The van der Waals surface area contributed by atoms with Gasteiger partial charge in [-0.05, 0) is 50.2 Å². The van der Waals surface area contributed by atoms with E-state index in [-0.39, 0.29) is 0 Å². The second-order valence-electron chi connectivity index (χ2n) is 5.62. The molecule has 2 fully saturated rings. The van der Waals surface area contributed by atoms with Gasteiger partial charge in [0, 0.05) is 13.1 Å². The molecule has 2 aliphatic rings. The topological polar surface area (TPSA) is 15.3 Å². The Hall–Kier alpha value is -0.0800. The van der Waals surface area contributed by atoms with Gasteiger partial charge < -0.3 is 10.2 Å². The minimum atomic E-state index is 0.688. The molecule has 0 amide bonds. The lowest BCUT2D eigenvalue weighted by Crippen LogP contribution is -2.42. The van der Waals surface area contributed by atoms with Crippen molar-refractivity contribution in [2.24, 2.45) is 11.3 Å². The minimum Gasteiger partial charge on any atom is -0.316 e. The molecule has 2 aliphatic heterocycles. The van der Waals surface area contributed by atoms with Crippen LogP contribution in [0.4, 0.5) is 0 Å². The van der Waals surface area contributed by atoms with Crippen molar-refractivity contribution in [1.29, 1.82) is 0 Å². The molecule has 0 saturated carbocycles. The highest BCUT2D eigenvalue weighted by Crippen LogP contribution is 2.36. The van der Waals surface area contributed by atoms with E-state index in [1.165, 1.54) is 52.0 Å². The fourth-order valence-corrected chi connectivity index (χ4v) is 2.95. The standard InChI is InChI=1S/C12H24N2/c1-11(2)9-14-7-4-12(5-8-14)3-6-13-10-12/h11,13H,3-10H2,1-2H3. The largest absolute Gasteiger partial charge is 0.316 e. The molecule has 2 nitrogen and oxygen atoms in total. The van der Waals surface area contributed by atoms with E-state index in [1.807, 2.05) is 0 Å². The molecular weight excluding hydrogens is 172 g/mol. The van der Waals surface area contributed by atoms with Crippen LogP contribution in [0.25, 0.3) is 0 Å². The van der Waals surface area contributed by atoms with Gasteiger partial charge in [0.15, 0.2) is 0 Å². The number of rotatable bonds is 2. The van der Waals surface area contributed by atoms with Gasteiger partial charge in [0.05, 0.1) is 0 Å². The summed E-state index contributed by atoms with van der Waals surface area (Å²) in [6.07, 6.45) is 4.27. The van der Waals surface area contributed by atoms with Crippen LogP contribution in [-0.2, 0) is 0 Å². The van der Waals surface area contributed by atoms with Crippen molar-refractivity contribution in [3.05, 3.63) is 0 Å². The van der Waals surface area contributed by atoms with Crippen LogP contribution in [0.1, 0.15) is 33.1 Å². The second kappa shape index (κ2) is 4.19. The normalized spacial score (nSPS) is 27.6. The SMILES string of the molecule is CC(C)CN1CCC2(CCNC2)CC1. The molecule has 1 spiro atoms. The van der Waals surface area contributed by atoms with E-state index in [2.05, 4.69) is 24.1 Å². The predicted molar refractivity (Wildman–Crippen MR) is 60.4 cm³/mol. The van der Waals surface area contributed by atoms with Crippen LogP contribution in [0.3, 0.4) is 0 Å². The number of hydrogen-bond acceptors (Lipinski definition) is 2. The summed E-state index contributed by atoms with van der Waals surface area (Å²) in [6, 6.07) is 0. The summed E-state index contributed by atoms with van der Waals surface area (Å²) >= 11 is 0. The Bertz CT molecular complexity index is 173. The van der Waals surface area contributed by atoms with Crippen molar-refractivity contribution in [1.82, 2.24) is 10.2 Å². The molecule has 0 aliphatic carbocycles. The summed E-state index contributed by atoms with van der Waals surface area (Å²) < 4.78 is 0. The number of nitrogens with one attached hydrogen (secondary N) is 1. The van der Waals surface area contributed by atoms with Gasteiger partial charge in [0.1, 0.15) is 0 Å². The maximum Gasteiger partial charge on any atom is 0.000924 e. The summed E-state index contributed by atoms with van der Waals surface area (Å²) in [5.41, 5.74) is 0.688. The van der Waals surface area contributed by atoms with Gasteiger partial charge in [-0.25, -0.2) is 0 Å². The molecule has 2 heterocycles. The third-order valence-electron chi connectivity index (χ3n) is 3.87. The van der Waals surface area contributed by atoms with E-state index < -0.39 is 0 Å². The summed E-state index contributed by atoms with van der Waals surface area (Å²) in [5, 5.41) is 3.52. The Morgan fingerprint density at radius 1 is 1.21 bits per heavy atom. The first-order valence-corrected chi connectivity index (χ1v) is 6.13. The first-order chi connectivity index (χ1) is 6.70. The van der Waals surface area contributed by atoms with Crippen LogP contribution in [0.15, 0.2) is 0 Å². The van der Waals surface area contributed by atoms with Crippen LogP contribution in [0, 0.1) is 11.3 Å². The summed E-state index contributed by atoms with van der Waals surface area (Å²) in [4.78, 5) is 2.65. The molecule has 2 heteroatoms. The summed E-state index contributed by atoms with van der Waals surface area (Å²) in [6.45, 7) is 11.1. The quantitative estimate of drug-likeness (QED) is 0.723. The van der Waals surface area contributed by atoms with Crippen molar-refractivity contribution >= 4 is 0 Å². The number of likely N-dealkylation sites (tertiary alicyclic amines) is 1. The molecule has 0 aromatic rings. The molecular formula is C12H24N2. The average molecular weight is 196 g/mol. The summed E-state index contributed by atoms with van der Waals surface area (Å²) in [5.74, 6) is 0.825. The highest BCUT2D eigenvalue weighted by atomic mass is 15.1. The van der Waals surface area contributed by atoms with Gasteiger partial charge in [-0.3, -0.25) is 0 Å². The molecule has 0 aromatic carbocycles. The van der Waals surface area contributed by atoms with Crippen LogP contribution in [0.5, 0.6) is 0 Å². The highest BCUT2D eigenvalue weighted by Gasteiger charge is 2.36. The van der Waals surface area contributed by atoms with Crippen molar-refractivity contribution < 1.29 is 0 Å². The molecule has 2 saturated heterocycles. The van der Waals surface area contributed by atoms with E-state index in [4.69, 9.17) is 0 Å². The number of piperidine rings is 1. The molecule has 2 rings (SSSR count). The van der Waals surface area contributed by atoms with Gasteiger partial charge in [0.25, 0.3) is 0 Å². The Morgan fingerprint density at radius 2 is 1.93 bits per heavy atom. The first-order valence-electron chi connectivity index (χ1n) is 6.13. The molecule has 14 heavy (non-hydrogen) atoms. The Labute approximate surface area is 88.1 Å². The van der Waals surface area contributed by atoms with E-state index in [1.54, 1.807) is 0 Å². The maximum absolute atomic E-state index is 3.52. The van der Waals surface area contributed by atoms with Gasteiger partial charge in [-0.15, -0.1) is 0 Å². The predicted octanol–water partition coefficient (Wildman–Crippen LogP) is 1.72. The Morgan fingerprint density at radius 3 is 2.43 bits per heavy atom. The zero-order valence-corrected chi connectivity index (χ0v) is 9.68. The summed E-state index contributed by atoms with van der Waals surface area (Å²) in [7, 11) is 0. The van der Waals surface area contributed by atoms with Crippen molar-refractivity contribution in [2.75, 3.05) is 32.7 Å². The Balaban J connectivity index is 1.79. The van der Waals surface area contributed by atoms with Crippen molar-refractivity contribution in [2.45, 2.75) is 33.1 Å². The van der Waals surface area contributed by atoms with E-state index in [0.29, 0.717) is 5.41 Å². The zero-order chi connectivity index (χ0) is 10.0. The molecule has 0 aromatic heterocycles. The van der Waals surface area contributed by atoms with E-state index >= 15 is 0 Å². The third kappa shape index (κ3) is 2.29. The average Bonchev–Trinajstić information content (AvgIpc) is 2.58. The monoisotopic (exact) mass is 196 g/mol. The Kier molecular flexibility index (Phi) is 3.13. The number of nitrogens with zero attached hydrogens (tertiary/aromatic N) is 1. The smallest absolute Gasteiger partial charge is 0.000924 e. The number of hydrogen-bond donors (Lipinski definition) is 1.